The number of anilines is 1. The molecule has 1 aliphatic rings. The molecule has 2 rings (SSSR count). The molecule has 0 bridgehead atoms. The number of H-pyrrole nitrogens is 1. The van der Waals surface area contributed by atoms with E-state index in [2.05, 4.69) is 10.3 Å². The normalized spacial score (nSPS) is 18.0. The van der Waals surface area contributed by atoms with Gasteiger partial charge < -0.3 is 19.9 Å². The Balaban J connectivity index is 2.09. The second kappa shape index (κ2) is 7.29. The molecule has 0 unspecified atom stereocenters. The highest BCUT2D eigenvalue weighted by Crippen LogP contribution is 2.25. The van der Waals surface area contributed by atoms with E-state index in [-0.39, 0.29) is 23.4 Å². The largest absolute Gasteiger partial charge is 0.464 e. The van der Waals surface area contributed by atoms with Gasteiger partial charge in [-0.1, -0.05) is 20.8 Å². The molecule has 7 heteroatoms. The lowest BCUT2D eigenvalue weighted by Gasteiger charge is -2.35. The van der Waals surface area contributed by atoms with Gasteiger partial charge in [-0.25, -0.2) is 4.79 Å². The Kier molecular flexibility index (Phi) is 5.55. The van der Waals surface area contributed by atoms with Crippen LogP contribution in [0, 0.1) is 18.3 Å². The number of hydrogen-bond donors (Lipinski definition) is 2. The van der Waals surface area contributed by atoms with Crippen LogP contribution in [-0.4, -0.2) is 47.9 Å². The summed E-state index contributed by atoms with van der Waals surface area (Å²) in [7, 11) is 1.29. The number of aromatic amines is 1. The summed E-state index contributed by atoms with van der Waals surface area (Å²) in [5.41, 5.74) is 0.929. The standard InChI is InChI=1S/C18H27N3O4/c1-11-9-13(14(19-11)16(23)25-5)20-15(22)12-7-6-8-21(10-12)17(24)18(2,3)4/h9,12,19H,6-8,10H2,1-5H3,(H,20,22)/t12-/m0/s1. The van der Waals surface area contributed by atoms with Crippen molar-refractivity contribution in [2.75, 3.05) is 25.5 Å². The van der Waals surface area contributed by atoms with Crippen LogP contribution in [-0.2, 0) is 14.3 Å². The lowest BCUT2D eigenvalue weighted by molar-refractivity contribution is -0.142. The Morgan fingerprint density at radius 3 is 2.60 bits per heavy atom. The van der Waals surface area contributed by atoms with Crippen LogP contribution in [0.25, 0.3) is 0 Å². The average Bonchev–Trinajstić information content (AvgIpc) is 2.93. The average molecular weight is 349 g/mol. The summed E-state index contributed by atoms with van der Waals surface area (Å²) in [6.45, 7) is 8.51. The molecule has 1 aromatic rings. The highest BCUT2D eigenvalue weighted by molar-refractivity contribution is 6.01. The van der Waals surface area contributed by atoms with Gasteiger partial charge in [0.15, 0.2) is 0 Å². The zero-order chi connectivity index (χ0) is 18.8. The van der Waals surface area contributed by atoms with Gasteiger partial charge in [0, 0.05) is 24.2 Å². The molecule has 0 aliphatic carbocycles. The first-order valence-corrected chi connectivity index (χ1v) is 8.51. The van der Waals surface area contributed by atoms with Gasteiger partial charge in [0.25, 0.3) is 0 Å². The Morgan fingerprint density at radius 2 is 2.00 bits per heavy atom. The minimum atomic E-state index is -0.531. The third-order valence-electron chi connectivity index (χ3n) is 4.32. The second-order valence-electron chi connectivity index (χ2n) is 7.56. The molecule has 2 N–H and O–H groups in total. The molecule has 0 saturated carbocycles. The number of rotatable bonds is 3. The first-order valence-electron chi connectivity index (χ1n) is 8.51. The smallest absolute Gasteiger partial charge is 0.356 e. The fraction of sp³-hybridized carbons (Fsp3) is 0.611. The highest BCUT2D eigenvalue weighted by Gasteiger charge is 2.33. The first-order chi connectivity index (χ1) is 11.6. The van der Waals surface area contributed by atoms with Gasteiger partial charge in [-0.05, 0) is 25.8 Å². The van der Waals surface area contributed by atoms with E-state index in [1.807, 2.05) is 20.8 Å². The Labute approximate surface area is 148 Å². The molecule has 1 aromatic heterocycles. The molecule has 25 heavy (non-hydrogen) atoms. The van der Waals surface area contributed by atoms with E-state index in [1.54, 1.807) is 17.9 Å². The van der Waals surface area contributed by atoms with Crippen molar-refractivity contribution >= 4 is 23.5 Å². The molecule has 0 spiro atoms. The van der Waals surface area contributed by atoms with Gasteiger partial charge >= 0.3 is 5.97 Å². The van der Waals surface area contributed by atoms with Gasteiger partial charge in [0.05, 0.1) is 18.7 Å². The van der Waals surface area contributed by atoms with Crippen molar-refractivity contribution in [3.8, 4) is 0 Å². The number of piperidine rings is 1. The summed E-state index contributed by atoms with van der Waals surface area (Å²) in [5, 5.41) is 2.81. The molecule has 1 aliphatic heterocycles. The van der Waals surface area contributed by atoms with E-state index in [9.17, 15) is 14.4 Å². The van der Waals surface area contributed by atoms with E-state index in [0.717, 1.165) is 18.5 Å². The number of nitrogens with one attached hydrogen (secondary N) is 2. The summed E-state index contributed by atoms with van der Waals surface area (Å²) < 4.78 is 4.73. The number of ether oxygens (including phenoxy) is 1. The molecule has 1 atom stereocenters. The summed E-state index contributed by atoms with van der Waals surface area (Å²) >= 11 is 0. The molecule has 0 radical (unpaired) electrons. The van der Waals surface area contributed by atoms with Gasteiger partial charge in [0.2, 0.25) is 11.8 Å². The Morgan fingerprint density at radius 1 is 1.32 bits per heavy atom. The van der Waals surface area contributed by atoms with Gasteiger partial charge in [-0.3, -0.25) is 9.59 Å². The van der Waals surface area contributed by atoms with Crippen LogP contribution >= 0.6 is 0 Å². The van der Waals surface area contributed by atoms with Crippen molar-refractivity contribution in [1.82, 2.24) is 9.88 Å². The monoisotopic (exact) mass is 349 g/mol. The van der Waals surface area contributed by atoms with Gasteiger partial charge in [-0.2, -0.15) is 0 Å². The van der Waals surface area contributed by atoms with Crippen LogP contribution in [0.5, 0.6) is 0 Å². The van der Waals surface area contributed by atoms with Crippen molar-refractivity contribution in [2.24, 2.45) is 11.3 Å². The molecule has 0 aromatic carbocycles. The third-order valence-corrected chi connectivity index (χ3v) is 4.32. The summed E-state index contributed by atoms with van der Waals surface area (Å²) in [5.74, 6) is -0.953. The number of nitrogens with zero attached hydrogens (tertiary/aromatic N) is 1. The van der Waals surface area contributed by atoms with E-state index in [1.165, 1.54) is 7.11 Å². The van der Waals surface area contributed by atoms with Crippen LogP contribution in [0.1, 0.15) is 49.8 Å². The molecule has 2 heterocycles. The van der Waals surface area contributed by atoms with Crippen LogP contribution in [0.15, 0.2) is 6.07 Å². The van der Waals surface area contributed by atoms with Crippen molar-refractivity contribution < 1.29 is 19.1 Å². The molecule has 7 nitrogen and oxygen atoms in total. The zero-order valence-corrected chi connectivity index (χ0v) is 15.6. The van der Waals surface area contributed by atoms with Crippen molar-refractivity contribution in [3.63, 3.8) is 0 Å². The van der Waals surface area contributed by atoms with Gasteiger partial charge in [0.1, 0.15) is 5.69 Å². The maximum atomic E-state index is 12.6. The van der Waals surface area contributed by atoms with E-state index in [0.29, 0.717) is 18.8 Å². The molecule has 138 valence electrons. The Hall–Kier alpha value is -2.31. The molecule has 2 amide bonds. The number of amides is 2. The zero-order valence-electron chi connectivity index (χ0n) is 15.6. The maximum absolute atomic E-state index is 12.6. The SMILES string of the molecule is COC(=O)c1[nH]c(C)cc1NC(=O)[C@H]1CCCN(C(=O)C(C)(C)C)C1. The van der Waals surface area contributed by atoms with E-state index < -0.39 is 11.4 Å². The maximum Gasteiger partial charge on any atom is 0.356 e. The van der Waals surface area contributed by atoms with Crippen molar-refractivity contribution in [3.05, 3.63) is 17.5 Å². The summed E-state index contributed by atoms with van der Waals surface area (Å²) in [6.07, 6.45) is 1.51. The second-order valence-corrected chi connectivity index (χ2v) is 7.56. The Bertz CT molecular complexity index is 672. The van der Waals surface area contributed by atoms with E-state index in [4.69, 9.17) is 4.74 Å². The molecule has 1 fully saturated rings. The quantitative estimate of drug-likeness (QED) is 0.819. The number of methoxy groups -OCH3 is 1. The van der Waals surface area contributed by atoms with Crippen LogP contribution in [0.4, 0.5) is 5.69 Å². The van der Waals surface area contributed by atoms with Crippen molar-refractivity contribution in [2.45, 2.75) is 40.5 Å². The number of carbonyl (C=O) groups is 3. The number of carbonyl (C=O) groups excluding carboxylic acids is 3. The van der Waals surface area contributed by atoms with E-state index >= 15 is 0 Å². The van der Waals surface area contributed by atoms with Crippen molar-refractivity contribution in [1.29, 1.82) is 0 Å². The number of hydrogen-bond acceptors (Lipinski definition) is 4. The fourth-order valence-corrected chi connectivity index (χ4v) is 3.04. The predicted molar refractivity (Wildman–Crippen MR) is 94.3 cm³/mol. The highest BCUT2D eigenvalue weighted by atomic mass is 16.5. The summed E-state index contributed by atoms with van der Waals surface area (Å²) in [6, 6.07) is 1.70. The fourth-order valence-electron chi connectivity index (χ4n) is 3.04. The molecular formula is C18H27N3O4. The van der Waals surface area contributed by atoms with Crippen LogP contribution < -0.4 is 5.32 Å². The first kappa shape index (κ1) is 19.0. The number of likely N-dealkylation sites (tertiary alicyclic amines) is 1. The van der Waals surface area contributed by atoms with Crippen LogP contribution in [0.2, 0.25) is 0 Å². The minimum Gasteiger partial charge on any atom is -0.464 e. The molecular weight excluding hydrogens is 322 g/mol. The number of esters is 1. The predicted octanol–water partition coefficient (Wildman–Crippen LogP) is 2.33. The minimum absolute atomic E-state index is 0.0535. The lowest BCUT2D eigenvalue weighted by Crippen LogP contribution is -2.47. The third kappa shape index (κ3) is 4.41. The van der Waals surface area contributed by atoms with Crippen LogP contribution in [0.3, 0.4) is 0 Å². The number of aryl methyl sites for hydroxylation is 1. The summed E-state index contributed by atoms with van der Waals surface area (Å²) in [4.78, 5) is 41.6. The topological polar surface area (TPSA) is 91.5 Å². The van der Waals surface area contributed by atoms with Gasteiger partial charge in [-0.15, -0.1) is 0 Å². The molecule has 1 saturated heterocycles. The number of aromatic nitrogens is 1. The lowest BCUT2D eigenvalue weighted by atomic mass is 9.91.